The molecule has 1 aliphatic rings. The Morgan fingerprint density at radius 2 is 1.95 bits per heavy atom. The van der Waals surface area contributed by atoms with Crippen LogP contribution < -0.4 is 10.6 Å². The third-order valence-electron chi connectivity index (χ3n) is 3.36. The van der Waals surface area contributed by atoms with E-state index in [1.807, 2.05) is 6.92 Å². The molecule has 6 heteroatoms. The van der Waals surface area contributed by atoms with Gasteiger partial charge in [0.05, 0.1) is 0 Å². The number of hydrogen-bond acceptors (Lipinski definition) is 3. The number of rotatable bonds is 7. The molecule has 20 heavy (non-hydrogen) atoms. The number of carbonyl (C=O) groups is 2. The lowest BCUT2D eigenvalue weighted by Crippen LogP contribution is -2.51. The van der Waals surface area contributed by atoms with Crippen molar-refractivity contribution in [3.05, 3.63) is 12.7 Å². The molecule has 6 nitrogen and oxygen atoms in total. The topological polar surface area (TPSA) is 81.7 Å². The van der Waals surface area contributed by atoms with Crippen molar-refractivity contribution in [3.63, 3.8) is 0 Å². The van der Waals surface area contributed by atoms with Crippen molar-refractivity contribution in [1.82, 2.24) is 15.5 Å². The molecule has 114 valence electrons. The molecule has 0 aromatic heterocycles. The van der Waals surface area contributed by atoms with Crippen LogP contribution in [0.25, 0.3) is 0 Å². The minimum absolute atomic E-state index is 0.00808. The Bertz CT molecular complexity index is 341. The van der Waals surface area contributed by atoms with E-state index in [4.69, 9.17) is 5.11 Å². The van der Waals surface area contributed by atoms with Gasteiger partial charge in [-0.3, -0.25) is 0 Å². The number of nitrogens with zero attached hydrogens (tertiary/aromatic N) is 1. The lowest BCUT2D eigenvalue weighted by Gasteiger charge is -2.29. The standard InChI is InChI=1S/C14H25N3O3/c1-3-7-12(13(18)19)16-14(20)15-11(2)10-17-8-5-4-6-9-17/h3,11-12H,1,4-10H2,2H3,(H,18,19)(H2,15,16,20). The number of carboxylic acid groups (broad SMARTS) is 1. The van der Waals surface area contributed by atoms with Crippen LogP contribution in [0.4, 0.5) is 4.79 Å². The van der Waals surface area contributed by atoms with E-state index in [0.717, 1.165) is 19.6 Å². The zero-order chi connectivity index (χ0) is 15.0. The Hall–Kier alpha value is -1.56. The molecular formula is C14H25N3O3. The molecule has 1 heterocycles. The Morgan fingerprint density at radius 1 is 1.30 bits per heavy atom. The predicted octanol–water partition coefficient (Wildman–Crippen LogP) is 1.19. The number of hydrogen-bond donors (Lipinski definition) is 3. The molecule has 2 unspecified atom stereocenters. The Morgan fingerprint density at radius 3 is 2.50 bits per heavy atom. The fourth-order valence-electron chi connectivity index (χ4n) is 2.39. The summed E-state index contributed by atoms with van der Waals surface area (Å²) in [5.74, 6) is -1.05. The average molecular weight is 283 g/mol. The van der Waals surface area contributed by atoms with Crippen LogP contribution in [0.5, 0.6) is 0 Å². The molecule has 0 bridgehead atoms. The second-order valence-electron chi connectivity index (χ2n) is 5.30. The average Bonchev–Trinajstić information content (AvgIpc) is 2.38. The summed E-state index contributed by atoms with van der Waals surface area (Å²) in [6.07, 6.45) is 5.39. The van der Waals surface area contributed by atoms with Crippen LogP contribution in [0.15, 0.2) is 12.7 Å². The highest BCUT2D eigenvalue weighted by Crippen LogP contribution is 2.08. The highest BCUT2D eigenvalue weighted by atomic mass is 16.4. The number of carbonyl (C=O) groups excluding carboxylic acids is 1. The molecule has 0 spiro atoms. The predicted molar refractivity (Wildman–Crippen MR) is 77.7 cm³/mol. The smallest absolute Gasteiger partial charge is 0.326 e. The zero-order valence-corrected chi connectivity index (χ0v) is 12.1. The van der Waals surface area contributed by atoms with Gasteiger partial charge >= 0.3 is 12.0 Å². The fourth-order valence-corrected chi connectivity index (χ4v) is 2.39. The second kappa shape index (κ2) is 8.58. The van der Waals surface area contributed by atoms with Crippen LogP contribution in [-0.2, 0) is 4.79 Å². The molecule has 0 radical (unpaired) electrons. The van der Waals surface area contributed by atoms with Crippen molar-refractivity contribution in [1.29, 1.82) is 0 Å². The minimum atomic E-state index is -1.05. The maximum atomic E-state index is 11.7. The first-order valence-electron chi connectivity index (χ1n) is 7.16. The fraction of sp³-hybridized carbons (Fsp3) is 0.714. The van der Waals surface area contributed by atoms with Crippen LogP contribution in [0, 0.1) is 0 Å². The van der Waals surface area contributed by atoms with Gasteiger partial charge in [-0.05, 0) is 39.3 Å². The van der Waals surface area contributed by atoms with Gasteiger partial charge in [-0.25, -0.2) is 9.59 Å². The van der Waals surface area contributed by atoms with Crippen molar-refractivity contribution in [2.24, 2.45) is 0 Å². The molecule has 2 amide bonds. The van der Waals surface area contributed by atoms with Gasteiger partial charge in [0.15, 0.2) is 0 Å². The first kappa shape index (κ1) is 16.5. The van der Waals surface area contributed by atoms with Crippen molar-refractivity contribution < 1.29 is 14.7 Å². The maximum Gasteiger partial charge on any atom is 0.326 e. The van der Waals surface area contributed by atoms with E-state index >= 15 is 0 Å². The van der Waals surface area contributed by atoms with Gasteiger partial charge in [0, 0.05) is 12.6 Å². The van der Waals surface area contributed by atoms with Crippen molar-refractivity contribution in [3.8, 4) is 0 Å². The Balaban J connectivity index is 2.32. The summed E-state index contributed by atoms with van der Waals surface area (Å²) in [5.41, 5.74) is 0. The molecule has 0 saturated carbocycles. The van der Waals surface area contributed by atoms with E-state index in [0.29, 0.717) is 0 Å². The van der Waals surface area contributed by atoms with Gasteiger partial charge in [0.25, 0.3) is 0 Å². The number of nitrogens with one attached hydrogen (secondary N) is 2. The highest BCUT2D eigenvalue weighted by molar-refractivity contribution is 5.82. The molecule has 1 saturated heterocycles. The molecule has 1 fully saturated rings. The van der Waals surface area contributed by atoms with E-state index in [1.54, 1.807) is 0 Å². The number of likely N-dealkylation sites (tertiary alicyclic amines) is 1. The van der Waals surface area contributed by atoms with Crippen LogP contribution in [0.1, 0.15) is 32.6 Å². The third kappa shape index (κ3) is 6.06. The van der Waals surface area contributed by atoms with E-state index in [1.165, 1.54) is 25.3 Å². The molecule has 1 rings (SSSR count). The molecule has 0 aromatic rings. The lowest BCUT2D eigenvalue weighted by molar-refractivity contribution is -0.139. The van der Waals surface area contributed by atoms with Crippen LogP contribution in [0.2, 0.25) is 0 Å². The number of amides is 2. The molecule has 2 atom stereocenters. The first-order chi connectivity index (χ1) is 9.52. The number of aliphatic carboxylic acids is 1. The number of piperidine rings is 1. The molecule has 0 aliphatic carbocycles. The van der Waals surface area contributed by atoms with Gasteiger partial charge in [0.2, 0.25) is 0 Å². The largest absolute Gasteiger partial charge is 0.480 e. The van der Waals surface area contributed by atoms with Gasteiger partial charge in [-0.15, -0.1) is 6.58 Å². The first-order valence-corrected chi connectivity index (χ1v) is 7.16. The monoisotopic (exact) mass is 283 g/mol. The van der Waals surface area contributed by atoms with Gasteiger partial charge in [-0.1, -0.05) is 12.5 Å². The van der Waals surface area contributed by atoms with E-state index in [9.17, 15) is 9.59 Å². The molecule has 3 N–H and O–H groups in total. The van der Waals surface area contributed by atoms with Crippen LogP contribution >= 0.6 is 0 Å². The maximum absolute atomic E-state index is 11.7. The number of carboxylic acids is 1. The molecule has 1 aliphatic heterocycles. The summed E-state index contributed by atoms with van der Waals surface area (Å²) in [7, 11) is 0. The van der Waals surface area contributed by atoms with Crippen LogP contribution in [0.3, 0.4) is 0 Å². The SMILES string of the molecule is C=CCC(NC(=O)NC(C)CN1CCCCC1)C(=O)O. The highest BCUT2D eigenvalue weighted by Gasteiger charge is 2.20. The summed E-state index contributed by atoms with van der Waals surface area (Å²) >= 11 is 0. The second-order valence-corrected chi connectivity index (χ2v) is 5.30. The Labute approximate surface area is 120 Å². The lowest BCUT2D eigenvalue weighted by atomic mass is 10.1. The zero-order valence-electron chi connectivity index (χ0n) is 12.1. The third-order valence-corrected chi connectivity index (χ3v) is 3.36. The molecule has 0 aromatic carbocycles. The summed E-state index contributed by atoms with van der Waals surface area (Å²) in [6, 6.07) is -1.37. The van der Waals surface area contributed by atoms with Crippen molar-refractivity contribution in [2.45, 2.75) is 44.7 Å². The van der Waals surface area contributed by atoms with E-state index in [2.05, 4.69) is 22.1 Å². The quantitative estimate of drug-likeness (QED) is 0.613. The van der Waals surface area contributed by atoms with Gasteiger partial charge in [0.1, 0.15) is 6.04 Å². The normalized spacial score (nSPS) is 18.9. The van der Waals surface area contributed by atoms with Crippen molar-refractivity contribution in [2.75, 3.05) is 19.6 Å². The summed E-state index contributed by atoms with van der Waals surface area (Å²) in [4.78, 5) is 25.0. The van der Waals surface area contributed by atoms with E-state index < -0.39 is 18.0 Å². The number of urea groups is 1. The molecular weight excluding hydrogens is 258 g/mol. The van der Waals surface area contributed by atoms with Crippen LogP contribution in [-0.4, -0.2) is 53.7 Å². The summed E-state index contributed by atoms with van der Waals surface area (Å²) < 4.78 is 0. The Kier molecular flexibility index (Phi) is 7.08. The summed E-state index contributed by atoms with van der Waals surface area (Å²) in [5, 5.41) is 14.2. The van der Waals surface area contributed by atoms with E-state index in [-0.39, 0.29) is 12.5 Å². The van der Waals surface area contributed by atoms with Gasteiger partial charge < -0.3 is 20.6 Å². The van der Waals surface area contributed by atoms with Gasteiger partial charge in [-0.2, -0.15) is 0 Å². The van der Waals surface area contributed by atoms with Crippen molar-refractivity contribution >= 4 is 12.0 Å². The summed E-state index contributed by atoms with van der Waals surface area (Å²) in [6.45, 7) is 8.36. The minimum Gasteiger partial charge on any atom is -0.480 e.